The Bertz CT molecular complexity index is 465. The first kappa shape index (κ1) is 18.1. The molecule has 1 saturated heterocycles. The molecular weight excluding hydrogens is 288 g/mol. The SMILES string of the molecule is CC.CC1CCN(CCc2ccc3c(c2)OCCO3)CCNC1. The highest BCUT2D eigenvalue weighted by Gasteiger charge is 2.14. The number of ether oxygens (including phenoxy) is 2. The number of nitrogens with zero attached hydrogens (tertiary/aromatic N) is 1. The fraction of sp³-hybridized carbons (Fsp3) is 0.684. The van der Waals surface area contributed by atoms with E-state index in [-0.39, 0.29) is 0 Å². The Labute approximate surface area is 141 Å². The first-order valence-electron chi connectivity index (χ1n) is 9.13. The fourth-order valence-corrected chi connectivity index (χ4v) is 2.96. The van der Waals surface area contributed by atoms with Gasteiger partial charge in [0.05, 0.1) is 0 Å². The Balaban J connectivity index is 0.000000924. The van der Waals surface area contributed by atoms with Gasteiger partial charge in [-0.05, 0) is 49.5 Å². The largest absolute Gasteiger partial charge is 0.486 e. The van der Waals surface area contributed by atoms with Gasteiger partial charge in [-0.3, -0.25) is 0 Å². The van der Waals surface area contributed by atoms with Gasteiger partial charge in [-0.15, -0.1) is 0 Å². The summed E-state index contributed by atoms with van der Waals surface area (Å²) >= 11 is 0. The minimum Gasteiger partial charge on any atom is -0.486 e. The van der Waals surface area contributed by atoms with Crippen molar-refractivity contribution in [3.8, 4) is 11.5 Å². The number of fused-ring (bicyclic) bond motifs is 1. The lowest BCUT2D eigenvalue weighted by Crippen LogP contribution is -2.39. The van der Waals surface area contributed by atoms with E-state index in [0.717, 1.165) is 50.0 Å². The van der Waals surface area contributed by atoms with Crippen LogP contribution in [0.3, 0.4) is 0 Å². The summed E-state index contributed by atoms with van der Waals surface area (Å²) < 4.78 is 11.2. The zero-order chi connectivity index (χ0) is 16.5. The fourth-order valence-electron chi connectivity index (χ4n) is 2.96. The summed E-state index contributed by atoms with van der Waals surface area (Å²) in [4.78, 5) is 2.57. The van der Waals surface area contributed by atoms with Gasteiger partial charge in [0.15, 0.2) is 11.5 Å². The van der Waals surface area contributed by atoms with Crippen molar-refractivity contribution in [1.82, 2.24) is 10.2 Å². The first-order valence-corrected chi connectivity index (χ1v) is 9.13. The van der Waals surface area contributed by atoms with Crippen molar-refractivity contribution in [2.24, 2.45) is 5.92 Å². The van der Waals surface area contributed by atoms with E-state index in [9.17, 15) is 0 Å². The maximum Gasteiger partial charge on any atom is 0.161 e. The maximum atomic E-state index is 5.66. The highest BCUT2D eigenvalue weighted by atomic mass is 16.6. The third-order valence-electron chi connectivity index (χ3n) is 4.36. The van der Waals surface area contributed by atoms with E-state index in [4.69, 9.17) is 9.47 Å². The normalized spacial score (nSPS) is 21.6. The monoisotopic (exact) mass is 320 g/mol. The molecule has 1 N–H and O–H groups in total. The Morgan fingerprint density at radius 2 is 1.91 bits per heavy atom. The molecule has 1 aromatic rings. The van der Waals surface area contributed by atoms with E-state index in [1.54, 1.807) is 0 Å². The van der Waals surface area contributed by atoms with E-state index in [2.05, 4.69) is 29.3 Å². The van der Waals surface area contributed by atoms with E-state index in [1.807, 2.05) is 19.9 Å². The van der Waals surface area contributed by atoms with E-state index in [1.165, 1.54) is 18.5 Å². The molecule has 4 heteroatoms. The first-order chi connectivity index (χ1) is 11.3. The second-order valence-corrected chi connectivity index (χ2v) is 6.17. The molecule has 0 bridgehead atoms. The summed E-state index contributed by atoms with van der Waals surface area (Å²) in [6.07, 6.45) is 2.36. The Morgan fingerprint density at radius 3 is 2.74 bits per heavy atom. The Morgan fingerprint density at radius 1 is 1.13 bits per heavy atom. The smallest absolute Gasteiger partial charge is 0.161 e. The lowest BCUT2D eigenvalue weighted by atomic mass is 10.1. The molecule has 130 valence electrons. The van der Waals surface area contributed by atoms with Crippen molar-refractivity contribution in [1.29, 1.82) is 0 Å². The van der Waals surface area contributed by atoms with Crippen molar-refractivity contribution >= 4 is 0 Å². The molecule has 0 aliphatic carbocycles. The van der Waals surface area contributed by atoms with E-state index < -0.39 is 0 Å². The molecule has 1 atom stereocenters. The molecule has 1 aromatic carbocycles. The van der Waals surface area contributed by atoms with Gasteiger partial charge >= 0.3 is 0 Å². The predicted octanol–water partition coefficient (Wildman–Crippen LogP) is 2.96. The van der Waals surface area contributed by atoms with Gasteiger partial charge < -0.3 is 19.7 Å². The Hall–Kier alpha value is -1.26. The van der Waals surface area contributed by atoms with Crippen LogP contribution in [0.1, 0.15) is 32.8 Å². The molecule has 2 heterocycles. The summed E-state index contributed by atoms with van der Waals surface area (Å²) in [5, 5.41) is 3.53. The lowest BCUT2D eigenvalue weighted by Gasteiger charge is -2.27. The van der Waals surface area contributed by atoms with Crippen LogP contribution in [0.4, 0.5) is 0 Å². The van der Waals surface area contributed by atoms with Crippen molar-refractivity contribution in [2.75, 3.05) is 45.9 Å². The summed E-state index contributed by atoms with van der Waals surface area (Å²) in [6.45, 7) is 13.4. The number of rotatable bonds is 3. The molecule has 0 radical (unpaired) electrons. The standard InChI is InChI=1S/C17H26N2O2.C2H6/c1-14-4-7-19(9-6-18-13-14)8-5-15-2-3-16-17(12-15)21-11-10-20-16;1-2/h2-3,12,14,18H,4-11,13H2,1H3;1-2H3. The molecule has 1 fully saturated rings. The van der Waals surface area contributed by atoms with Crippen LogP contribution < -0.4 is 14.8 Å². The minimum absolute atomic E-state index is 0.658. The highest BCUT2D eigenvalue weighted by Crippen LogP contribution is 2.30. The quantitative estimate of drug-likeness (QED) is 0.928. The molecule has 23 heavy (non-hydrogen) atoms. The van der Waals surface area contributed by atoms with E-state index >= 15 is 0 Å². The van der Waals surface area contributed by atoms with Crippen molar-refractivity contribution in [3.63, 3.8) is 0 Å². The summed E-state index contributed by atoms with van der Waals surface area (Å²) in [7, 11) is 0. The second-order valence-electron chi connectivity index (χ2n) is 6.17. The van der Waals surface area contributed by atoms with Crippen LogP contribution in [-0.4, -0.2) is 50.8 Å². The molecule has 0 amide bonds. The summed E-state index contributed by atoms with van der Waals surface area (Å²) in [5.74, 6) is 2.57. The van der Waals surface area contributed by atoms with Gasteiger partial charge in [-0.1, -0.05) is 26.8 Å². The molecule has 0 spiro atoms. The van der Waals surface area contributed by atoms with Gasteiger partial charge in [0.1, 0.15) is 13.2 Å². The zero-order valence-electron chi connectivity index (χ0n) is 14.9. The van der Waals surface area contributed by atoms with Crippen LogP contribution in [0.15, 0.2) is 18.2 Å². The van der Waals surface area contributed by atoms with Crippen LogP contribution in [0, 0.1) is 5.92 Å². The molecule has 1 unspecified atom stereocenters. The highest BCUT2D eigenvalue weighted by molar-refractivity contribution is 5.43. The molecule has 3 rings (SSSR count). The topological polar surface area (TPSA) is 33.7 Å². The number of benzene rings is 1. The number of hydrogen-bond donors (Lipinski definition) is 1. The molecule has 2 aliphatic heterocycles. The van der Waals surface area contributed by atoms with Crippen LogP contribution in [0.25, 0.3) is 0 Å². The van der Waals surface area contributed by atoms with Gasteiger partial charge in [0.25, 0.3) is 0 Å². The van der Waals surface area contributed by atoms with Crippen LogP contribution in [-0.2, 0) is 6.42 Å². The van der Waals surface area contributed by atoms with Crippen molar-refractivity contribution in [3.05, 3.63) is 23.8 Å². The van der Waals surface area contributed by atoms with Gasteiger partial charge in [0, 0.05) is 19.6 Å². The maximum absolute atomic E-state index is 5.66. The third kappa shape index (κ3) is 5.70. The minimum atomic E-state index is 0.658. The Kier molecular flexibility index (Phi) is 7.69. The lowest BCUT2D eigenvalue weighted by molar-refractivity contribution is 0.171. The van der Waals surface area contributed by atoms with Crippen LogP contribution in [0.5, 0.6) is 11.5 Å². The van der Waals surface area contributed by atoms with Gasteiger partial charge in [-0.25, -0.2) is 0 Å². The van der Waals surface area contributed by atoms with Crippen molar-refractivity contribution in [2.45, 2.75) is 33.6 Å². The number of hydrogen-bond acceptors (Lipinski definition) is 4. The van der Waals surface area contributed by atoms with Crippen LogP contribution in [0.2, 0.25) is 0 Å². The van der Waals surface area contributed by atoms with E-state index in [0.29, 0.717) is 13.2 Å². The van der Waals surface area contributed by atoms with Crippen LogP contribution >= 0.6 is 0 Å². The molecule has 2 aliphatic rings. The molecule has 0 aromatic heterocycles. The summed E-state index contributed by atoms with van der Waals surface area (Å²) in [5.41, 5.74) is 1.34. The molecular formula is C19H32N2O2. The average Bonchev–Trinajstić information content (AvgIpc) is 2.59. The molecule has 0 saturated carbocycles. The summed E-state index contributed by atoms with van der Waals surface area (Å²) in [6, 6.07) is 6.35. The van der Waals surface area contributed by atoms with Crippen molar-refractivity contribution < 1.29 is 9.47 Å². The third-order valence-corrected chi connectivity index (χ3v) is 4.36. The molecule has 4 nitrogen and oxygen atoms in total. The second kappa shape index (κ2) is 9.78. The van der Waals surface area contributed by atoms with Gasteiger partial charge in [0.2, 0.25) is 0 Å². The number of nitrogens with one attached hydrogen (secondary N) is 1. The van der Waals surface area contributed by atoms with Gasteiger partial charge in [-0.2, -0.15) is 0 Å². The predicted molar refractivity (Wildman–Crippen MR) is 95.6 cm³/mol. The zero-order valence-corrected chi connectivity index (χ0v) is 14.9. The average molecular weight is 320 g/mol.